The zero-order chi connectivity index (χ0) is 15.0. The van der Waals surface area contributed by atoms with Crippen molar-refractivity contribution in [2.24, 2.45) is 0 Å². The maximum Gasteiger partial charge on any atom is 0.163 e. The van der Waals surface area contributed by atoms with Gasteiger partial charge in [-0.1, -0.05) is 40.5 Å². The van der Waals surface area contributed by atoms with Gasteiger partial charge in [0, 0.05) is 32.9 Å². The Morgan fingerprint density at radius 3 is 2.76 bits per heavy atom. The molecule has 0 saturated heterocycles. The SMILES string of the molecule is CCc1nc(-c2ccc(Br)c3cccnc23)nc(Cl)c1C. The zero-order valence-electron chi connectivity index (χ0n) is 11.7. The van der Waals surface area contributed by atoms with E-state index in [0.717, 1.165) is 38.6 Å². The van der Waals surface area contributed by atoms with Gasteiger partial charge in [-0.2, -0.15) is 0 Å². The maximum atomic E-state index is 6.25. The second-order valence-electron chi connectivity index (χ2n) is 4.76. The van der Waals surface area contributed by atoms with Crippen molar-refractivity contribution in [2.45, 2.75) is 20.3 Å². The third kappa shape index (κ3) is 2.54. The van der Waals surface area contributed by atoms with Crippen molar-refractivity contribution in [3.05, 3.63) is 51.3 Å². The van der Waals surface area contributed by atoms with Crippen LogP contribution in [0, 0.1) is 6.92 Å². The van der Waals surface area contributed by atoms with Crippen LogP contribution in [0.1, 0.15) is 18.2 Å². The summed E-state index contributed by atoms with van der Waals surface area (Å²) >= 11 is 9.80. The minimum absolute atomic E-state index is 0.504. The number of rotatable bonds is 2. The molecule has 2 aromatic heterocycles. The third-order valence-electron chi connectivity index (χ3n) is 3.48. The quantitative estimate of drug-likeness (QED) is 0.604. The fourth-order valence-electron chi connectivity index (χ4n) is 2.32. The van der Waals surface area contributed by atoms with E-state index in [9.17, 15) is 0 Å². The van der Waals surface area contributed by atoms with E-state index in [0.29, 0.717) is 11.0 Å². The Labute approximate surface area is 136 Å². The van der Waals surface area contributed by atoms with Gasteiger partial charge in [0.05, 0.1) is 5.52 Å². The first kappa shape index (κ1) is 14.4. The van der Waals surface area contributed by atoms with E-state index in [1.807, 2.05) is 31.2 Å². The second kappa shape index (κ2) is 5.70. The van der Waals surface area contributed by atoms with E-state index in [2.05, 4.69) is 37.8 Å². The summed E-state index contributed by atoms with van der Waals surface area (Å²) in [6, 6.07) is 7.89. The molecule has 5 heteroatoms. The van der Waals surface area contributed by atoms with E-state index >= 15 is 0 Å². The molecule has 1 aromatic carbocycles. The molecule has 2 heterocycles. The van der Waals surface area contributed by atoms with Crippen LogP contribution in [0.4, 0.5) is 0 Å². The van der Waals surface area contributed by atoms with E-state index in [1.54, 1.807) is 6.20 Å². The average Bonchev–Trinajstić information content (AvgIpc) is 2.51. The summed E-state index contributed by atoms with van der Waals surface area (Å²) in [5.41, 5.74) is 3.67. The predicted octanol–water partition coefficient (Wildman–Crippen LogP) is 4.98. The standard InChI is InChI=1S/C16H13BrClN3/c1-3-13-9(2)15(18)21-16(20-13)11-6-7-12(17)10-5-4-8-19-14(10)11/h4-8H,3H2,1-2H3. The van der Waals surface area contributed by atoms with Crippen LogP contribution in [-0.4, -0.2) is 15.0 Å². The van der Waals surface area contributed by atoms with Crippen LogP contribution < -0.4 is 0 Å². The van der Waals surface area contributed by atoms with Gasteiger partial charge in [-0.05, 0) is 31.5 Å². The molecule has 3 aromatic rings. The molecule has 0 fully saturated rings. The molecule has 0 amide bonds. The predicted molar refractivity (Wildman–Crippen MR) is 89.6 cm³/mol. The highest BCUT2D eigenvalue weighted by atomic mass is 79.9. The van der Waals surface area contributed by atoms with Crippen LogP contribution in [0.3, 0.4) is 0 Å². The Bertz CT molecular complexity index is 833. The summed E-state index contributed by atoms with van der Waals surface area (Å²) in [6.07, 6.45) is 2.60. The van der Waals surface area contributed by atoms with Gasteiger partial charge < -0.3 is 0 Å². The normalized spacial score (nSPS) is 11.0. The van der Waals surface area contributed by atoms with Crippen LogP contribution in [0.15, 0.2) is 34.9 Å². The van der Waals surface area contributed by atoms with E-state index in [4.69, 9.17) is 11.6 Å². The van der Waals surface area contributed by atoms with E-state index in [1.165, 1.54) is 0 Å². The first-order valence-electron chi connectivity index (χ1n) is 6.68. The van der Waals surface area contributed by atoms with Crippen LogP contribution in [0.25, 0.3) is 22.3 Å². The van der Waals surface area contributed by atoms with Crippen molar-refractivity contribution in [2.75, 3.05) is 0 Å². The summed E-state index contributed by atoms with van der Waals surface area (Å²) < 4.78 is 1.00. The van der Waals surface area contributed by atoms with Gasteiger partial charge in [0.15, 0.2) is 5.82 Å². The summed E-state index contributed by atoms with van der Waals surface area (Å²) in [5, 5.41) is 1.54. The summed E-state index contributed by atoms with van der Waals surface area (Å²) in [7, 11) is 0. The van der Waals surface area contributed by atoms with Gasteiger partial charge in [-0.25, -0.2) is 9.97 Å². The molecule has 21 heavy (non-hydrogen) atoms. The second-order valence-corrected chi connectivity index (χ2v) is 5.97. The Balaban J connectivity index is 2.31. The molecule has 0 N–H and O–H groups in total. The number of benzene rings is 1. The molecule has 0 aliphatic carbocycles. The van der Waals surface area contributed by atoms with Crippen LogP contribution in [-0.2, 0) is 6.42 Å². The van der Waals surface area contributed by atoms with Crippen molar-refractivity contribution in [1.29, 1.82) is 0 Å². The van der Waals surface area contributed by atoms with Crippen molar-refractivity contribution < 1.29 is 0 Å². The van der Waals surface area contributed by atoms with Gasteiger partial charge in [0.2, 0.25) is 0 Å². The minimum atomic E-state index is 0.504. The third-order valence-corrected chi connectivity index (χ3v) is 4.54. The number of hydrogen-bond donors (Lipinski definition) is 0. The lowest BCUT2D eigenvalue weighted by Crippen LogP contribution is -2.00. The van der Waals surface area contributed by atoms with Gasteiger partial charge >= 0.3 is 0 Å². The molecule has 106 valence electrons. The summed E-state index contributed by atoms with van der Waals surface area (Å²) in [4.78, 5) is 13.6. The Morgan fingerprint density at radius 2 is 2.00 bits per heavy atom. The molecule has 0 radical (unpaired) electrons. The number of aryl methyl sites for hydroxylation is 1. The highest BCUT2D eigenvalue weighted by Crippen LogP contribution is 2.31. The van der Waals surface area contributed by atoms with Gasteiger partial charge in [-0.15, -0.1) is 0 Å². The largest absolute Gasteiger partial charge is 0.255 e. The molecular formula is C16H13BrClN3. The highest BCUT2D eigenvalue weighted by Gasteiger charge is 2.13. The van der Waals surface area contributed by atoms with Gasteiger partial charge in [-0.3, -0.25) is 4.98 Å². The number of pyridine rings is 1. The smallest absolute Gasteiger partial charge is 0.163 e. The molecule has 3 rings (SSSR count). The number of nitrogens with zero attached hydrogens (tertiary/aromatic N) is 3. The maximum absolute atomic E-state index is 6.25. The van der Waals surface area contributed by atoms with Gasteiger partial charge in [0.1, 0.15) is 5.15 Å². The number of halogens is 2. The lowest BCUT2D eigenvalue weighted by atomic mass is 10.1. The fraction of sp³-hybridized carbons (Fsp3) is 0.188. The van der Waals surface area contributed by atoms with E-state index in [-0.39, 0.29) is 0 Å². The minimum Gasteiger partial charge on any atom is -0.255 e. The number of hydrogen-bond acceptors (Lipinski definition) is 3. The molecule has 0 aliphatic rings. The first-order valence-corrected chi connectivity index (χ1v) is 7.85. The summed E-state index contributed by atoms with van der Waals surface area (Å²) in [6.45, 7) is 4.01. The lowest BCUT2D eigenvalue weighted by Gasteiger charge is -2.10. The molecule has 3 nitrogen and oxygen atoms in total. The Kier molecular flexibility index (Phi) is 3.91. The van der Waals surface area contributed by atoms with Crippen molar-refractivity contribution in [1.82, 2.24) is 15.0 Å². The Hall–Kier alpha value is -1.52. The monoisotopic (exact) mass is 361 g/mol. The van der Waals surface area contributed by atoms with Crippen molar-refractivity contribution >= 4 is 38.4 Å². The number of fused-ring (bicyclic) bond motifs is 1. The van der Waals surface area contributed by atoms with Crippen LogP contribution in [0.5, 0.6) is 0 Å². The Morgan fingerprint density at radius 1 is 1.19 bits per heavy atom. The molecule has 0 unspecified atom stereocenters. The molecule has 0 saturated carbocycles. The van der Waals surface area contributed by atoms with Crippen LogP contribution in [0.2, 0.25) is 5.15 Å². The lowest BCUT2D eigenvalue weighted by molar-refractivity contribution is 0.977. The molecule has 0 bridgehead atoms. The zero-order valence-corrected chi connectivity index (χ0v) is 14.0. The molecular weight excluding hydrogens is 350 g/mol. The summed E-state index contributed by atoms with van der Waals surface area (Å²) in [5.74, 6) is 0.624. The topological polar surface area (TPSA) is 38.7 Å². The van der Waals surface area contributed by atoms with Crippen molar-refractivity contribution in [3.8, 4) is 11.4 Å². The highest BCUT2D eigenvalue weighted by molar-refractivity contribution is 9.10. The molecule has 0 aliphatic heterocycles. The van der Waals surface area contributed by atoms with Crippen molar-refractivity contribution in [3.63, 3.8) is 0 Å². The van der Waals surface area contributed by atoms with Crippen LogP contribution >= 0.6 is 27.5 Å². The van der Waals surface area contributed by atoms with E-state index < -0.39 is 0 Å². The first-order chi connectivity index (χ1) is 10.1. The fourth-order valence-corrected chi connectivity index (χ4v) is 2.96. The van der Waals surface area contributed by atoms with Gasteiger partial charge in [0.25, 0.3) is 0 Å². The number of aromatic nitrogens is 3. The average molecular weight is 363 g/mol. The molecule has 0 atom stereocenters. The molecule has 0 spiro atoms.